The first-order valence-corrected chi connectivity index (χ1v) is 12.0. The molecule has 2 aromatic rings. The van der Waals surface area contributed by atoms with Crippen LogP contribution in [0.25, 0.3) is 10.9 Å². The van der Waals surface area contributed by atoms with Crippen molar-refractivity contribution in [2.75, 3.05) is 0 Å². The SMILES string of the molecule is CC1(C)CC(CC(C#N)NC(=O)C(CC(=O)c2cc3cccc(Cl)c3[nH]2)CC2CC2(F)F)C(=O)N1. The minimum absolute atomic E-state index is 0.109. The lowest BCUT2D eigenvalue weighted by molar-refractivity contribution is -0.127. The molecule has 2 heterocycles. The van der Waals surface area contributed by atoms with Crippen molar-refractivity contribution in [2.45, 2.75) is 63.5 Å². The predicted molar refractivity (Wildman–Crippen MR) is 126 cm³/mol. The molecule has 4 unspecified atom stereocenters. The van der Waals surface area contributed by atoms with Gasteiger partial charge in [-0.1, -0.05) is 23.7 Å². The van der Waals surface area contributed by atoms with Crippen LogP contribution in [0.2, 0.25) is 5.02 Å². The number of benzene rings is 1. The molecule has 1 aromatic heterocycles. The van der Waals surface area contributed by atoms with Crippen LogP contribution in [0.4, 0.5) is 8.78 Å². The number of amides is 2. The van der Waals surface area contributed by atoms with Crippen LogP contribution in [0.5, 0.6) is 0 Å². The minimum atomic E-state index is -2.85. The Kier molecular flexibility index (Phi) is 6.62. The number of nitriles is 1. The van der Waals surface area contributed by atoms with Gasteiger partial charge in [-0.15, -0.1) is 0 Å². The van der Waals surface area contributed by atoms with Crippen molar-refractivity contribution in [2.24, 2.45) is 17.8 Å². The summed E-state index contributed by atoms with van der Waals surface area (Å²) in [7, 11) is 0. The molecule has 1 saturated heterocycles. The highest BCUT2D eigenvalue weighted by Gasteiger charge is 2.57. The average molecular weight is 505 g/mol. The number of ketones is 1. The molecular formula is C25H27ClF2N4O3. The van der Waals surface area contributed by atoms with E-state index in [-0.39, 0.29) is 37.3 Å². The van der Waals surface area contributed by atoms with Gasteiger partial charge >= 0.3 is 0 Å². The smallest absolute Gasteiger partial charge is 0.251 e. The summed E-state index contributed by atoms with van der Waals surface area (Å²) < 4.78 is 27.3. The van der Waals surface area contributed by atoms with Crippen LogP contribution in [0, 0.1) is 29.1 Å². The number of nitrogens with one attached hydrogen (secondary N) is 3. The molecule has 186 valence electrons. The molecule has 1 aromatic carbocycles. The summed E-state index contributed by atoms with van der Waals surface area (Å²) in [5.41, 5.74) is 0.408. The summed E-state index contributed by atoms with van der Waals surface area (Å²) in [6.45, 7) is 3.75. The van der Waals surface area contributed by atoms with Crippen LogP contribution in [0.1, 0.15) is 56.4 Å². The van der Waals surface area contributed by atoms with E-state index in [2.05, 4.69) is 15.6 Å². The quantitative estimate of drug-likeness (QED) is 0.440. The second-order valence-electron chi connectivity index (χ2n) is 10.3. The number of rotatable bonds is 9. The van der Waals surface area contributed by atoms with Crippen molar-refractivity contribution in [3.8, 4) is 6.07 Å². The zero-order chi connectivity index (χ0) is 25.5. The zero-order valence-corrected chi connectivity index (χ0v) is 20.2. The maximum atomic E-state index is 13.6. The van der Waals surface area contributed by atoms with Crippen LogP contribution in [0.15, 0.2) is 24.3 Å². The first-order chi connectivity index (χ1) is 16.4. The number of carbonyl (C=O) groups is 3. The number of halogens is 3. The molecule has 35 heavy (non-hydrogen) atoms. The van der Waals surface area contributed by atoms with Crippen molar-refractivity contribution in [1.29, 1.82) is 5.26 Å². The van der Waals surface area contributed by atoms with Crippen molar-refractivity contribution < 1.29 is 23.2 Å². The summed E-state index contributed by atoms with van der Waals surface area (Å²) >= 11 is 6.16. The van der Waals surface area contributed by atoms with Crippen molar-refractivity contribution >= 4 is 40.1 Å². The van der Waals surface area contributed by atoms with Gasteiger partial charge in [0.2, 0.25) is 11.8 Å². The van der Waals surface area contributed by atoms with E-state index in [4.69, 9.17) is 11.6 Å². The van der Waals surface area contributed by atoms with Crippen LogP contribution in [-0.2, 0) is 9.59 Å². The number of nitrogens with zero attached hydrogens (tertiary/aromatic N) is 1. The van der Waals surface area contributed by atoms with Crippen LogP contribution in [0.3, 0.4) is 0 Å². The molecule has 2 aliphatic rings. The molecule has 3 N–H and O–H groups in total. The number of aromatic nitrogens is 1. The van der Waals surface area contributed by atoms with Gasteiger partial charge in [0.15, 0.2) is 5.78 Å². The number of hydrogen-bond acceptors (Lipinski definition) is 4. The van der Waals surface area contributed by atoms with Gasteiger partial charge in [0, 0.05) is 41.5 Å². The molecule has 7 nitrogen and oxygen atoms in total. The van der Waals surface area contributed by atoms with Crippen LogP contribution in [-0.4, -0.2) is 40.1 Å². The Labute approximate surface area is 206 Å². The van der Waals surface area contributed by atoms with E-state index in [1.807, 2.05) is 19.9 Å². The maximum Gasteiger partial charge on any atom is 0.251 e. The van der Waals surface area contributed by atoms with Gasteiger partial charge in [-0.05, 0) is 45.2 Å². The summed E-state index contributed by atoms with van der Waals surface area (Å²) in [6, 6.07) is 7.82. The van der Waals surface area contributed by atoms with E-state index in [0.717, 1.165) is 5.39 Å². The Bertz CT molecular complexity index is 1220. The summed E-state index contributed by atoms with van der Waals surface area (Å²) in [5.74, 6) is -6.55. The van der Waals surface area contributed by atoms with Gasteiger partial charge in [-0.3, -0.25) is 14.4 Å². The van der Waals surface area contributed by atoms with Crippen molar-refractivity contribution in [3.05, 3.63) is 35.0 Å². The fourth-order valence-corrected chi connectivity index (χ4v) is 5.09. The highest BCUT2D eigenvalue weighted by atomic mass is 35.5. The molecule has 0 bridgehead atoms. The van der Waals surface area contributed by atoms with Crippen molar-refractivity contribution in [3.63, 3.8) is 0 Å². The topological polar surface area (TPSA) is 115 Å². The Hall–Kier alpha value is -2.99. The lowest BCUT2D eigenvalue weighted by atomic mass is 9.90. The second-order valence-corrected chi connectivity index (χ2v) is 10.7. The molecule has 1 saturated carbocycles. The molecule has 1 aliphatic heterocycles. The molecule has 0 spiro atoms. The van der Waals surface area contributed by atoms with Gasteiger partial charge in [0.05, 0.1) is 22.3 Å². The number of aromatic amines is 1. The third kappa shape index (κ3) is 5.64. The molecule has 0 radical (unpaired) electrons. The van der Waals surface area contributed by atoms with Gasteiger partial charge in [0.25, 0.3) is 5.92 Å². The maximum absolute atomic E-state index is 13.6. The first-order valence-electron chi connectivity index (χ1n) is 11.6. The summed E-state index contributed by atoms with van der Waals surface area (Å²) in [4.78, 5) is 41.2. The molecular weight excluding hydrogens is 478 g/mol. The highest BCUT2D eigenvalue weighted by molar-refractivity contribution is 6.35. The van der Waals surface area contributed by atoms with Crippen molar-refractivity contribution in [1.82, 2.24) is 15.6 Å². The third-order valence-corrected chi connectivity index (χ3v) is 7.13. The van der Waals surface area contributed by atoms with Crippen LogP contribution < -0.4 is 10.6 Å². The van der Waals surface area contributed by atoms with Gasteiger partial charge in [-0.25, -0.2) is 8.78 Å². The molecule has 10 heteroatoms. The van der Waals surface area contributed by atoms with E-state index in [0.29, 0.717) is 17.0 Å². The Balaban J connectivity index is 1.46. The Morgan fingerprint density at radius 3 is 2.57 bits per heavy atom. The summed E-state index contributed by atoms with van der Waals surface area (Å²) in [5, 5.41) is 16.2. The number of para-hydroxylation sites is 1. The molecule has 2 amide bonds. The largest absolute Gasteiger partial charge is 0.351 e. The number of hydrogen-bond donors (Lipinski definition) is 3. The van der Waals surface area contributed by atoms with E-state index in [1.165, 1.54) is 0 Å². The second kappa shape index (κ2) is 9.23. The van der Waals surface area contributed by atoms with Gasteiger partial charge < -0.3 is 15.6 Å². The predicted octanol–water partition coefficient (Wildman–Crippen LogP) is 4.37. The number of carbonyl (C=O) groups excluding carboxylic acids is 3. The van der Waals surface area contributed by atoms with E-state index >= 15 is 0 Å². The molecule has 4 atom stereocenters. The van der Waals surface area contributed by atoms with E-state index < -0.39 is 46.9 Å². The monoisotopic (exact) mass is 504 g/mol. The van der Waals surface area contributed by atoms with E-state index in [9.17, 15) is 28.4 Å². The molecule has 4 rings (SSSR count). The Morgan fingerprint density at radius 2 is 2.00 bits per heavy atom. The number of Topliss-reactive ketones (excluding diaryl/α,β-unsaturated/α-hetero) is 1. The zero-order valence-electron chi connectivity index (χ0n) is 19.5. The Morgan fingerprint density at radius 1 is 1.29 bits per heavy atom. The number of H-pyrrole nitrogens is 1. The highest BCUT2D eigenvalue weighted by Crippen LogP contribution is 2.52. The van der Waals surface area contributed by atoms with Crippen LogP contribution >= 0.6 is 11.6 Å². The number of fused-ring (bicyclic) bond motifs is 1. The fraction of sp³-hybridized carbons (Fsp3) is 0.520. The number of alkyl halides is 2. The third-order valence-electron chi connectivity index (χ3n) is 6.81. The first kappa shape index (κ1) is 25.1. The van der Waals surface area contributed by atoms with E-state index in [1.54, 1.807) is 24.3 Å². The lowest BCUT2D eigenvalue weighted by Gasteiger charge is -2.20. The molecule has 1 aliphatic carbocycles. The lowest BCUT2D eigenvalue weighted by Crippen LogP contribution is -2.41. The average Bonchev–Trinajstić information content (AvgIpc) is 3.09. The minimum Gasteiger partial charge on any atom is -0.351 e. The van der Waals surface area contributed by atoms with Gasteiger partial charge in [-0.2, -0.15) is 5.26 Å². The summed E-state index contributed by atoms with van der Waals surface area (Å²) in [6.07, 6.45) is -0.165. The molecule has 2 fully saturated rings. The standard InChI is InChI=1S/C25H27ClF2N4O3/c1-24(2)10-15(23(35)32-24)7-17(12-29)30-22(34)14(6-16-11-25(16,27)28)9-20(33)19-8-13-4-3-5-18(26)21(13)31-19/h3-5,8,14-17,31H,6-7,9-11H2,1-2H3,(H,30,34)(H,32,35). The van der Waals surface area contributed by atoms with Gasteiger partial charge in [0.1, 0.15) is 6.04 Å². The fourth-order valence-electron chi connectivity index (χ4n) is 4.86. The normalized spacial score (nSPS) is 23.8.